The van der Waals surface area contributed by atoms with E-state index in [2.05, 4.69) is 22.0 Å². The molecule has 0 aliphatic carbocycles. The molecule has 0 radical (unpaired) electrons. The first-order valence-electron chi connectivity index (χ1n) is 9.40. The van der Waals surface area contributed by atoms with Gasteiger partial charge in [0, 0.05) is 55.0 Å². The van der Waals surface area contributed by atoms with Crippen molar-refractivity contribution in [3.8, 4) is 0 Å². The summed E-state index contributed by atoms with van der Waals surface area (Å²) < 4.78 is 0. The van der Waals surface area contributed by atoms with E-state index in [0.717, 1.165) is 52.9 Å². The van der Waals surface area contributed by atoms with Crippen LogP contribution in [0.15, 0.2) is 57.4 Å². The molecule has 0 bridgehead atoms. The topological polar surface area (TPSA) is 59.4 Å². The molecular weight excluding hydrogens is 372 g/mol. The third-order valence-electron chi connectivity index (χ3n) is 5.26. The first-order chi connectivity index (χ1) is 13.6. The van der Waals surface area contributed by atoms with Gasteiger partial charge in [0.1, 0.15) is 5.71 Å². The highest BCUT2D eigenvalue weighted by molar-refractivity contribution is 7.99. The van der Waals surface area contributed by atoms with Crippen LogP contribution in [0.3, 0.4) is 0 Å². The van der Waals surface area contributed by atoms with Crippen LogP contribution in [-0.2, 0) is 4.79 Å². The van der Waals surface area contributed by atoms with E-state index in [1.165, 1.54) is 0 Å². The standard InChI is InChI=1S/C21H24N4O2S/c1-15(26)25-18-5-3-4-6-20(18)28-21-8-7-16(13-19(21)25)17(22-27)14-24-11-9-23(2)10-12-24/h3-8,13,27H,9-12,14H2,1-2H3. The molecule has 0 saturated carbocycles. The zero-order chi connectivity index (χ0) is 19.7. The van der Waals surface area contributed by atoms with Crippen LogP contribution in [0.2, 0.25) is 0 Å². The number of hydrogen-bond donors (Lipinski definition) is 1. The molecule has 2 aromatic rings. The number of fused-ring (bicyclic) bond motifs is 2. The molecule has 2 aliphatic rings. The minimum Gasteiger partial charge on any atom is -0.411 e. The minimum absolute atomic E-state index is 0.0345. The van der Waals surface area contributed by atoms with Crippen LogP contribution in [0.1, 0.15) is 12.5 Å². The zero-order valence-corrected chi connectivity index (χ0v) is 16.9. The number of rotatable bonds is 3. The average Bonchev–Trinajstić information content (AvgIpc) is 2.71. The molecule has 4 rings (SSSR count). The molecule has 1 amide bonds. The molecule has 2 aliphatic heterocycles. The summed E-state index contributed by atoms with van der Waals surface area (Å²) in [7, 11) is 2.12. The van der Waals surface area contributed by atoms with Crippen molar-refractivity contribution >= 4 is 34.8 Å². The predicted molar refractivity (Wildman–Crippen MR) is 112 cm³/mol. The lowest BCUT2D eigenvalue weighted by atomic mass is 10.1. The first-order valence-corrected chi connectivity index (χ1v) is 10.2. The van der Waals surface area contributed by atoms with Gasteiger partial charge in [0.15, 0.2) is 0 Å². The Kier molecular flexibility index (Phi) is 5.39. The third kappa shape index (κ3) is 3.65. The second-order valence-electron chi connectivity index (χ2n) is 7.23. The van der Waals surface area contributed by atoms with Gasteiger partial charge in [0.2, 0.25) is 5.91 Å². The number of carbonyl (C=O) groups is 1. The molecular formula is C21H24N4O2S. The smallest absolute Gasteiger partial charge is 0.228 e. The van der Waals surface area contributed by atoms with Crippen molar-refractivity contribution in [2.75, 3.05) is 44.7 Å². The summed E-state index contributed by atoms with van der Waals surface area (Å²) in [5.41, 5.74) is 3.20. The molecule has 1 saturated heterocycles. The van der Waals surface area contributed by atoms with Gasteiger partial charge in [-0.2, -0.15) is 0 Å². The molecule has 0 spiro atoms. The Bertz CT molecular complexity index is 922. The van der Waals surface area contributed by atoms with Crippen LogP contribution < -0.4 is 4.90 Å². The maximum absolute atomic E-state index is 12.4. The number of nitrogens with zero attached hydrogens (tertiary/aromatic N) is 4. The van der Waals surface area contributed by atoms with Crippen molar-refractivity contribution in [3.05, 3.63) is 48.0 Å². The monoisotopic (exact) mass is 396 g/mol. The molecule has 0 atom stereocenters. The Balaban J connectivity index is 1.65. The lowest BCUT2D eigenvalue weighted by molar-refractivity contribution is -0.115. The molecule has 28 heavy (non-hydrogen) atoms. The van der Waals surface area contributed by atoms with Gasteiger partial charge >= 0.3 is 0 Å². The van der Waals surface area contributed by atoms with Crippen LogP contribution >= 0.6 is 11.8 Å². The van der Waals surface area contributed by atoms with Crippen LogP contribution in [0.5, 0.6) is 0 Å². The van der Waals surface area contributed by atoms with Crippen LogP contribution in [-0.4, -0.2) is 66.4 Å². The molecule has 0 aromatic heterocycles. The second-order valence-corrected chi connectivity index (χ2v) is 8.32. The van der Waals surface area contributed by atoms with E-state index in [9.17, 15) is 10.0 Å². The Hall–Kier alpha value is -2.35. The molecule has 1 fully saturated rings. The Morgan fingerprint density at radius 1 is 1.07 bits per heavy atom. The van der Waals surface area contributed by atoms with Gasteiger partial charge in [0.25, 0.3) is 0 Å². The molecule has 6 nitrogen and oxygen atoms in total. The predicted octanol–water partition coefficient (Wildman–Crippen LogP) is 3.26. The van der Waals surface area contributed by atoms with Crippen molar-refractivity contribution in [1.29, 1.82) is 0 Å². The van der Waals surface area contributed by atoms with Crippen molar-refractivity contribution in [1.82, 2.24) is 9.80 Å². The summed E-state index contributed by atoms with van der Waals surface area (Å²) in [6.07, 6.45) is 0. The highest BCUT2D eigenvalue weighted by Gasteiger charge is 2.27. The lowest BCUT2D eigenvalue weighted by Crippen LogP contribution is -2.46. The van der Waals surface area contributed by atoms with Crippen LogP contribution in [0.4, 0.5) is 11.4 Å². The first kappa shape index (κ1) is 19.0. The number of hydrogen-bond acceptors (Lipinski definition) is 6. The number of benzene rings is 2. The van der Waals surface area contributed by atoms with E-state index in [1.54, 1.807) is 23.6 Å². The quantitative estimate of drug-likeness (QED) is 0.490. The maximum atomic E-state index is 12.4. The molecule has 0 unspecified atom stereocenters. The van der Waals surface area contributed by atoms with Crippen LogP contribution in [0.25, 0.3) is 0 Å². The number of piperazine rings is 1. The largest absolute Gasteiger partial charge is 0.411 e. The number of oxime groups is 1. The van der Waals surface area contributed by atoms with Crippen molar-refractivity contribution in [2.24, 2.45) is 5.16 Å². The van der Waals surface area contributed by atoms with Gasteiger partial charge in [-0.15, -0.1) is 0 Å². The number of likely N-dealkylation sites (N-methyl/N-ethyl adjacent to an activating group) is 1. The Morgan fingerprint density at radius 3 is 2.50 bits per heavy atom. The van der Waals surface area contributed by atoms with Gasteiger partial charge in [-0.25, -0.2) is 0 Å². The van der Waals surface area contributed by atoms with E-state index in [0.29, 0.717) is 12.3 Å². The van der Waals surface area contributed by atoms with E-state index < -0.39 is 0 Å². The molecule has 146 valence electrons. The lowest BCUT2D eigenvalue weighted by Gasteiger charge is -2.33. The molecule has 2 heterocycles. The summed E-state index contributed by atoms with van der Waals surface area (Å²) in [5, 5.41) is 13.2. The SMILES string of the molecule is CC(=O)N1c2ccccc2Sc2ccc(C(CN3CCN(C)CC3)=NO)cc21. The summed E-state index contributed by atoms with van der Waals surface area (Å²) in [4.78, 5) is 20.9. The number of amides is 1. The summed E-state index contributed by atoms with van der Waals surface area (Å²) in [5.74, 6) is -0.0345. The Morgan fingerprint density at radius 2 is 1.79 bits per heavy atom. The van der Waals surface area contributed by atoms with E-state index in [4.69, 9.17) is 0 Å². The van der Waals surface area contributed by atoms with Crippen LogP contribution in [0, 0.1) is 0 Å². The normalized spacial score (nSPS) is 17.9. The fourth-order valence-corrected chi connectivity index (χ4v) is 4.71. The molecule has 1 N–H and O–H groups in total. The highest BCUT2D eigenvalue weighted by atomic mass is 32.2. The number of carbonyl (C=O) groups excluding carboxylic acids is 1. The fourth-order valence-electron chi connectivity index (χ4n) is 3.67. The van der Waals surface area contributed by atoms with E-state index in [-0.39, 0.29) is 5.91 Å². The second kappa shape index (κ2) is 7.95. The average molecular weight is 397 g/mol. The summed E-state index contributed by atoms with van der Waals surface area (Å²) in [6, 6.07) is 13.9. The van der Waals surface area contributed by atoms with Gasteiger partial charge in [-0.3, -0.25) is 14.6 Å². The zero-order valence-electron chi connectivity index (χ0n) is 16.1. The van der Waals surface area contributed by atoms with Gasteiger partial charge < -0.3 is 10.1 Å². The van der Waals surface area contributed by atoms with Gasteiger partial charge in [0.05, 0.1) is 11.4 Å². The highest BCUT2D eigenvalue weighted by Crippen LogP contribution is 2.48. The van der Waals surface area contributed by atoms with Crippen molar-refractivity contribution in [2.45, 2.75) is 16.7 Å². The van der Waals surface area contributed by atoms with Crippen molar-refractivity contribution < 1.29 is 10.0 Å². The van der Waals surface area contributed by atoms with Crippen molar-refractivity contribution in [3.63, 3.8) is 0 Å². The third-order valence-corrected chi connectivity index (χ3v) is 6.39. The van der Waals surface area contributed by atoms with Gasteiger partial charge in [-0.05, 0) is 31.3 Å². The summed E-state index contributed by atoms with van der Waals surface area (Å²) >= 11 is 1.66. The summed E-state index contributed by atoms with van der Waals surface area (Å²) in [6.45, 7) is 6.08. The van der Waals surface area contributed by atoms with E-state index in [1.807, 2.05) is 42.5 Å². The van der Waals surface area contributed by atoms with E-state index >= 15 is 0 Å². The Labute approximate surface area is 169 Å². The number of para-hydroxylation sites is 1. The molecule has 2 aromatic carbocycles. The van der Waals surface area contributed by atoms with Gasteiger partial charge in [-0.1, -0.05) is 35.1 Å². The molecule has 7 heteroatoms. The fraction of sp³-hybridized carbons (Fsp3) is 0.333. The minimum atomic E-state index is -0.0345. The number of anilines is 2. The maximum Gasteiger partial charge on any atom is 0.228 e.